The van der Waals surface area contributed by atoms with Crippen LogP contribution < -0.4 is 0 Å². The van der Waals surface area contributed by atoms with Crippen LogP contribution in [0.3, 0.4) is 0 Å². The topological polar surface area (TPSA) is 54.4 Å². The van der Waals surface area contributed by atoms with E-state index in [4.69, 9.17) is 5.11 Å². The molecule has 0 radical (unpaired) electrons. The summed E-state index contributed by atoms with van der Waals surface area (Å²) < 4.78 is 0. The van der Waals surface area contributed by atoms with Gasteiger partial charge in [0.05, 0.1) is 0 Å². The van der Waals surface area contributed by atoms with E-state index in [1.165, 1.54) is 12.1 Å². The SMILES string of the molecule is O=Cc1ccccc1C(=O)CO. The third kappa shape index (κ3) is 1.57. The molecule has 3 nitrogen and oxygen atoms in total. The lowest BCUT2D eigenvalue weighted by molar-refractivity contribution is 0.0899. The maximum atomic E-state index is 11.0. The van der Waals surface area contributed by atoms with Gasteiger partial charge in [0.1, 0.15) is 6.61 Å². The van der Waals surface area contributed by atoms with Crippen LogP contribution in [-0.4, -0.2) is 23.8 Å². The molecule has 0 heterocycles. The zero-order valence-electron chi connectivity index (χ0n) is 6.36. The number of aliphatic hydroxyl groups is 1. The van der Waals surface area contributed by atoms with E-state index in [2.05, 4.69) is 0 Å². The fourth-order valence-corrected chi connectivity index (χ4v) is 0.939. The summed E-state index contributed by atoms with van der Waals surface area (Å²) in [4.78, 5) is 21.4. The van der Waals surface area contributed by atoms with Crippen LogP contribution in [0.1, 0.15) is 20.7 Å². The normalized spacial score (nSPS) is 9.42. The zero-order valence-corrected chi connectivity index (χ0v) is 6.36. The van der Waals surface area contributed by atoms with Gasteiger partial charge in [-0.1, -0.05) is 24.3 Å². The summed E-state index contributed by atoms with van der Waals surface area (Å²) in [6.45, 7) is -0.565. The van der Waals surface area contributed by atoms with Gasteiger partial charge in [0.15, 0.2) is 12.1 Å². The fourth-order valence-electron chi connectivity index (χ4n) is 0.939. The molecule has 0 saturated heterocycles. The summed E-state index contributed by atoms with van der Waals surface area (Å²) in [6.07, 6.45) is 0.600. The second kappa shape index (κ2) is 3.78. The molecule has 12 heavy (non-hydrogen) atoms. The van der Waals surface area contributed by atoms with Gasteiger partial charge in [-0.3, -0.25) is 9.59 Å². The Morgan fingerprint density at radius 2 is 2.08 bits per heavy atom. The quantitative estimate of drug-likeness (QED) is 0.527. The average molecular weight is 164 g/mol. The molecule has 62 valence electrons. The second-order valence-corrected chi connectivity index (χ2v) is 2.29. The van der Waals surface area contributed by atoms with Crippen molar-refractivity contribution in [3.05, 3.63) is 35.4 Å². The minimum Gasteiger partial charge on any atom is -0.388 e. The number of carbonyl (C=O) groups excluding carboxylic acids is 2. The number of aldehydes is 1. The highest BCUT2D eigenvalue weighted by atomic mass is 16.3. The highest BCUT2D eigenvalue weighted by molar-refractivity contribution is 6.03. The van der Waals surface area contributed by atoms with Gasteiger partial charge in [-0.2, -0.15) is 0 Å². The van der Waals surface area contributed by atoms with Gasteiger partial charge in [0.25, 0.3) is 0 Å². The molecule has 0 saturated carbocycles. The first-order valence-electron chi connectivity index (χ1n) is 3.48. The van der Waals surface area contributed by atoms with E-state index in [-0.39, 0.29) is 5.56 Å². The highest BCUT2D eigenvalue weighted by Crippen LogP contribution is 2.06. The highest BCUT2D eigenvalue weighted by Gasteiger charge is 2.07. The lowest BCUT2D eigenvalue weighted by Crippen LogP contribution is -2.07. The van der Waals surface area contributed by atoms with Crippen LogP contribution in [0.15, 0.2) is 24.3 Å². The van der Waals surface area contributed by atoms with Gasteiger partial charge in [-0.05, 0) is 0 Å². The third-order valence-electron chi connectivity index (χ3n) is 1.53. The molecule has 0 fully saturated rings. The molecule has 3 heteroatoms. The van der Waals surface area contributed by atoms with Crippen molar-refractivity contribution in [2.45, 2.75) is 0 Å². The molecule has 1 N–H and O–H groups in total. The lowest BCUT2D eigenvalue weighted by Gasteiger charge is -1.99. The van der Waals surface area contributed by atoms with Gasteiger partial charge >= 0.3 is 0 Å². The second-order valence-electron chi connectivity index (χ2n) is 2.29. The van der Waals surface area contributed by atoms with Crippen molar-refractivity contribution >= 4 is 12.1 Å². The van der Waals surface area contributed by atoms with Crippen molar-refractivity contribution in [1.29, 1.82) is 0 Å². The summed E-state index contributed by atoms with van der Waals surface area (Å²) in [5, 5.41) is 8.54. The number of carbonyl (C=O) groups is 2. The van der Waals surface area contributed by atoms with Crippen molar-refractivity contribution in [2.24, 2.45) is 0 Å². The van der Waals surface area contributed by atoms with Crippen LogP contribution in [0, 0.1) is 0 Å². The molecular formula is C9H8O3. The van der Waals surface area contributed by atoms with Gasteiger partial charge in [0.2, 0.25) is 0 Å². The molecule has 0 spiro atoms. The molecule has 0 aliphatic heterocycles. The fraction of sp³-hybridized carbons (Fsp3) is 0.111. The number of aliphatic hydroxyl groups excluding tert-OH is 1. The molecule has 1 rings (SSSR count). The summed E-state index contributed by atoms with van der Waals surface area (Å²) in [5.41, 5.74) is 0.589. The van der Waals surface area contributed by atoms with Crippen molar-refractivity contribution in [3.63, 3.8) is 0 Å². The zero-order chi connectivity index (χ0) is 8.97. The molecule has 0 bridgehead atoms. The van der Waals surface area contributed by atoms with Gasteiger partial charge in [-0.25, -0.2) is 0 Å². The number of hydrogen-bond acceptors (Lipinski definition) is 3. The average Bonchev–Trinajstić information content (AvgIpc) is 2.16. The minimum absolute atomic E-state index is 0.273. The van der Waals surface area contributed by atoms with Crippen molar-refractivity contribution < 1.29 is 14.7 Å². The van der Waals surface area contributed by atoms with Crippen molar-refractivity contribution in [1.82, 2.24) is 0 Å². The number of benzene rings is 1. The maximum absolute atomic E-state index is 11.0. The first-order chi connectivity index (χ1) is 5.79. The smallest absolute Gasteiger partial charge is 0.188 e. The van der Waals surface area contributed by atoms with Crippen LogP contribution in [-0.2, 0) is 0 Å². The third-order valence-corrected chi connectivity index (χ3v) is 1.53. The van der Waals surface area contributed by atoms with E-state index < -0.39 is 12.4 Å². The van der Waals surface area contributed by atoms with E-state index in [9.17, 15) is 9.59 Å². The van der Waals surface area contributed by atoms with E-state index in [0.717, 1.165) is 0 Å². The molecule has 0 aromatic heterocycles. The maximum Gasteiger partial charge on any atom is 0.188 e. The lowest BCUT2D eigenvalue weighted by atomic mass is 10.1. The standard InChI is InChI=1S/C9H8O3/c10-5-7-3-1-2-4-8(7)9(12)6-11/h1-5,11H,6H2. The van der Waals surface area contributed by atoms with Crippen LogP contribution in [0.4, 0.5) is 0 Å². The minimum atomic E-state index is -0.565. The van der Waals surface area contributed by atoms with Crippen molar-refractivity contribution in [3.8, 4) is 0 Å². The molecule has 0 unspecified atom stereocenters. The van der Waals surface area contributed by atoms with Gasteiger partial charge in [0, 0.05) is 11.1 Å². The monoisotopic (exact) mass is 164 g/mol. The van der Waals surface area contributed by atoms with E-state index in [0.29, 0.717) is 11.8 Å². The number of rotatable bonds is 3. The Kier molecular flexibility index (Phi) is 2.71. The van der Waals surface area contributed by atoms with Crippen LogP contribution in [0.2, 0.25) is 0 Å². The Hall–Kier alpha value is -1.48. The number of Topliss-reactive ketones (excluding diaryl/α,β-unsaturated/α-hetero) is 1. The first kappa shape index (κ1) is 8.62. The van der Waals surface area contributed by atoms with Gasteiger partial charge < -0.3 is 5.11 Å². The Bertz CT molecular complexity index is 304. The van der Waals surface area contributed by atoms with Crippen LogP contribution in [0.5, 0.6) is 0 Å². The molecule has 0 amide bonds. The van der Waals surface area contributed by atoms with E-state index in [1.807, 2.05) is 0 Å². The molecular weight excluding hydrogens is 156 g/mol. The predicted molar refractivity (Wildman–Crippen MR) is 43.2 cm³/mol. The molecule has 0 aliphatic rings. The largest absolute Gasteiger partial charge is 0.388 e. The first-order valence-corrected chi connectivity index (χ1v) is 3.48. The van der Waals surface area contributed by atoms with E-state index >= 15 is 0 Å². The molecule has 0 atom stereocenters. The molecule has 1 aromatic carbocycles. The number of ketones is 1. The van der Waals surface area contributed by atoms with Gasteiger partial charge in [-0.15, -0.1) is 0 Å². The summed E-state index contributed by atoms with van der Waals surface area (Å²) in [7, 11) is 0. The Morgan fingerprint density at radius 3 is 2.67 bits per heavy atom. The van der Waals surface area contributed by atoms with Crippen LogP contribution in [0.25, 0.3) is 0 Å². The summed E-state index contributed by atoms with van der Waals surface area (Å²) in [5.74, 6) is -0.433. The molecule has 1 aromatic rings. The summed E-state index contributed by atoms with van der Waals surface area (Å²) in [6, 6.07) is 6.37. The Labute approximate surface area is 69.6 Å². The summed E-state index contributed by atoms with van der Waals surface area (Å²) >= 11 is 0. The van der Waals surface area contributed by atoms with Crippen molar-refractivity contribution in [2.75, 3.05) is 6.61 Å². The Balaban J connectivity index is 3.13. The molecule has 0 aliphatic carbocycles. The van der Waals surface area contributed by atoms with Crippen LogP contribution >= 0.6 is 0 Å². The van der Waals surface area contributed by atoms with E-state index in [1.54, 1.807) is 12.1 Å². The Morgan fingerprint density at radius 1 is 1.42 bits per heavy atom. The number of hydrogen-bond donors (Lipinski definition) is 1. The predicted octanol–water partition coefficient (Wildman–Crippen LogP) is 0.674.